The SMILES string of the molecule is COc1ccc(-c2cc(-c3cccc([N+](=O)[O-])c3)no2)cc1. The van der Waals surface area contributed by atoms with Crippen molar-refractivity contribution in [2.45, 2.75) is 0 Å². The Morgan fingerprint density at radius 1 is 1.09 bits per heavy atom. The summed E-state index contributed by atoms with van der Waals surface area (Å²) in [6.07, 6.45) is 0. The third-order valence-electron chi connectivity index (χ3n) is 3.24. The Bertz CT molecular complexity index is 809. The second kappa shape index (κ2) is 5.69. The van der Waals surface area contributed by atoms with Crippen LogP contribution < -0.4 is 4.74 Å². The van der Waals surface area contributed by atoms with Crippen LogP contribution in [0.2, 0.25) is 0 Å². The molecule has 6 nitrogen and oxygen atoms in total. The van der Waals surface area contributed by atoms with Crippen LogP contribution in [-0.2, 0) is 0 Å². The van der Waals surface area contributed by atoms with E-state index in [-0.39, 0.29) is 5.69 Å². The van der Waals surface area contributed by atoms with Gasteiger partial charge in [-0.3, -0.25) is 10.1 Å². The number of ether oxygens (including phenoxy) is 1. The molecule has 0 spiro atoms. The summed E-state index contributed by atoms with van der Waals surface area (Å²) in [5.41, 5.74) is 2.06. The smallest absolute Gasteiger partial charge is 0.270 e. The van der Waals surface area contributed by atoms with Crippen molar-refractivity contribution in [1.82, 2.24) is 5.16 Å². The van der Waals surface area contributed by atoms with Gasteiger partial charge in [-0.25, -0.2) is 0 Å². The van der Waals surface area contributed by atoms with Crippen molar-refractivity contribution < 1.29 is 14.2 Å². The largest absolute Gasteiger partial charge is 0.497 e. The number of rotatable bonds is 4. The van der Waals surface area contributed by atoms with Crippen LogP contribution in [0.3, 0.4) is 0 Å². The molecule has 1 heterocycles. The molecular formula is C16H12N2O4. The monoisotopic (exact) mass is 296 g/mol. The van der Waals surface area contributed by atoms with E-state index in [1.54, 1.807) is 25.3 Å². The molecule has 0 aliphatic carbocycles. The van der Waals surface area contributed by atoms with Gasteiger partial charge in [0.05, 0.1) is 12.0 Å². The number of nitro groups is 1. The zero-order chi connectivity index (χ0) is 15.5. The summed E-state index contributed by atoms with van der Waals surface area (Å²) in [4.78, 5) is 10.4. The predicted molar refractivity (Wildman–Crippen MR) is 80.6 cm³/mol. The van der Waals surface area contributed by atoms with Crippen LogP contribution >= 0.6 is 0 Å². The number of aromatic nitrogens is 1. The lowest BCUT2D eigenvalue weighted by Crippen LogP contribution is -1.87. The molecule has 0 aliphatic heterocycles. The lowest BCUT2D eigenvalue weighted by Gasteiger charge is -1.99. The highest BCUT2D eigenvalue weighted by molar-refractivity contribution is 5.68. The molecule has 6 heteroatoms. The van der Waals surface area contributed by atoms with E-state index < -0.39 is 4.92 Å². The molecule has 0 radical (unpaired) electrons. The van der Waals surface area contributed by atoms with Crippen molar-refractivity contribution in [3.63, 3.8) is 0 Å². The van der Waals surface area contributed by atoms with Crippen LogP contribution in [0.25, 0.3) is 22.6 Å². The van der Waals surface area contributed by atoms with Crippen molar-refractivity contribution in [2.24, 2.45) is 0 Å². The first kappa shape index (κ1) is 13.8. The molecule has 0 atom stereocenters. The highest BCUT2D eigenvalue weighted by Gasteiger charge is 2.12. The zero-order valence-electron chi connectivity index (χ0n) is 11.7. The van der Waals surface area contributed by atoms with Crippen molar-refractivity contribution in [1.29, 1.82) is 0 Å². The van der Waals surface area contributed by atoms with Gasteiger partial charge in [0.15, 0.2) is 5.76 Å². The number of methoxy groups -OCH3 is 1. The standard InChI is InChI=1S/C16H12N2O4/c1-21-14-7-5-11(6-8-14)16-10-15(17-22-16)12-3-2-4-13(9-12)18(19)20/h2-10H,1H3. The molecule has 1 aromatic heterocycles. The fourth-order valence-corrected chi connectivity index (χ4v) is 2.08. The van der Waals surface area contributed by atoms with E-state index in [1.165, 1.54) is 12.1 Å². The lowest BCUT2D eigenvalue weighted by molar-refractivity contribution is -0.384. The van der Waals surface area contributed by atoms with Crippen molar-refractivity contribution >= 4 is 5.69 Å². The molecule has 3 rings (SSSR count). The van der Waals surface area contributed by atoms with Gasteiger partial charge < -0.3 is 9.26 Å². The highest BCUT2D eigenvalue weighted by Crippen LogP contribution is 2.28. The minimum atomic E-state index is -0.437. The number of nitro benzene ring substituents is 1. The molecule has 3 aromatic rings. The molecule has 22 heavy (non-hydrogen) atoms. The van der Waals surface area contributed by atoms with E-state index in [0.29, 0.717) is 17.0 Å². The maximum Gasteiger partial charge on any atom is 0.270 e. The van der Waals surface area contributed by atoms with Crippen LogP contribution in [0.1, 0.15) is 0 Å². The van der Waals surface area contributed by atoms with Crippen LogP contribution in [0, 0.1) is 10.1 Å². The van der Waals surface area contributed by atoms with Gasteiger partial charge in [0.2, 0.25) is 0 Å². The van der Waals surface area contributed by atoms with Crippen LogP contribution in [0.15, 0.2) is 59.1 Å². The predicted octanol–water partition coefficient (Wildman–Crippen LogP) is 3.93. The Labute approximate surface area is 126 Å². The summed E-state index contributed by atoms with van der Waals surface area (Å²) >= 11 is 0. The molecule has 110 valence electrons. The first-order chi connectivity index (χ1) is 10.7. The Hall–Kier alpha value is -3.15. The minimum Gasteiger partial charge on any atom is -0.497 e. The Balaban J connectivity index is 1.93. The second-order valence-electron chi connectivity index (χ2n) is 4.61. The van der Waals surface area contributed by atoms with Gasteiger partial charge in [-0.05, 0) is 24.3 Å². The Morgan fingerprint density at radius 2 is 1.86 bits per heavy atom. The number of non-ortho nitro benzene ring substituents is 1. The van der Waals surface area contributed by atoms with E-state index in [9.17, 15) is 10.1 Å². The Kier molecular flexibility index (Phi) is 3.57. The number of benzene rings is 2. The maximum absolute atomic E-state index is 10.8. The zero-order valence-corrected chi connectivity index (χ0v) is 11.7. The number of nitrogens with zero attached hydrogens (tertiary/aromatic N) is 2. The molecular weight excluding hydrogens is 284 g/mol. The average molecular weight is 296 g/mol. The van der Waals surface area contributed by atoms with E-state index in [2.05, 4.69) is 5.16 Å². The lowest BCUT2D eigenvalue weighted by atomic mass is 10.1. The third-order valence-corrected chi connectivity index (χ3v) is 3.24. The summed E-state index contributed by atoms with van der Waals surface area (Å²) in [5, 5.41) is 14.8. The number of hydrogen-bond acceptors (Lipinski definition) is 5. The molecule has 0 saturated carbocycles. The molecule has 2 aromatic carbocycles. The fourth-order valence-electron chi connectivity index (χ4n) is 2.08. The molecule has 0 fully saturated rings. The first-order valence-electron chi connectivity index (χ1n) is 6.53. The highest BCUT2D eigenvalue weighted by atomic mass is 16.6. The molecule has 0 aliphatic rings. The summed E-state index contributed by atoms with van der Waals surface area (Å²) in [6.45, 7) is 0. The van der Waals surface area contributed by atoms with Gasteiger partial charge >= 0.3 is 0 Å². The van der Waals surface area contributed by atoms with E-state index in [4.69, 9.17) is 9.26 Å². The molecule has 0 bridgehead atoms. The van der Waals surface area contributed by atoms with Crippen molar-refractivity contribution in [3.8, 4) is 28.3 Å². The molecule has 0 unspecified atom stereocenters. The van der Waals surface area contributed by atoms with Gasteiger partial charge in [0.1, 0.15) is 11.4 Å². The molecule has 0 saturated heterocycles. The van der Waals surface area contributed by atoms with Gasteiger partial charge in [-0.2, -0.15) is 0 Å². The van der Waals surface area contributed by atoms with Crippen LogP contribution in [0.5, 0.6) is 5.75 Å². The topological polar surface area (TPSA) is 78.4 Å². The molecule has 0 amide bonds. The Morgan fingerprint density at radius 3 is 2.55 bits per heavy atom. The summed E-state index contributed by atoms with van der Waals surface area (Å²) in [6, 6.07) is 15.4. The van der Waals surface area contributed by atoms with Crippen LogP contribution in [-0.4, -0.2) is 17.2 Å². The van der Waals surface area contributed by atoms with Gasteiger partial charge in [0.25, 0.3) is 5.69 Å². The van der Waals surface area contributed by atoms with Crippen molar-refractivity contribution in [3.05, 3.63) is 64.7 Å². The summed E-state index contributed by atoms with van der Waals surface area (Å²) < 4.78 is 10.4. The third kappa shape index (κ3) is 2.67. The fraction of sp³-hybridized carbons (Fsp3) is 0.0625. The quantitative estimate of drug-likeness (QED) is 0.538. The second-order valence-corrected chi connectivity index (χ2v) is 4.61. The van der Waals surface area contributed by atoms with E-state index in [1.807, 2.05) is 24.3 Å². The van der Waals surface area contributed by atoms with Gasteiger partial charge in [-0.15, -0.1) is 0 Å². The summed E-state index contributed by atoms with van der Waals surface area (Å²) in [7, 11) is 1.60. The maximum atomic E-state index is 10.8. The number of hydrogen-bond donors (Lipinski definition) is 0. The van der Waals surface area contributed by atoms with Crippen LogP contribution in [0.4, 0.5) is 5.69 Å². The average Bonchev–Trinajstić information content (AvgIpc) is 3.05. The van der Waals surface area contributed by atoms with E-state index >= 15 is 0 Å². The van der Waals surface area contributed by atoms with Gasteiger partial charge in [0, 0.05) is 29.3 Å². The van der Waals surface area contributed by atoms with Gasteiger partial charge in [-0.1, -0.05) is 17.3 Å². The molecule has 0 N–H and O–H groups in total. The summed E-state index contributed by atoms with van der Waals surface area (Å²) in [5.74, 6) is 1.34. The normalized spacial score (nSPS) is 10.4. The van der Waals surface area contributed by atoms with E-state index in [0.717, 1.165) is 11.3 Å². The van der Waals surface area contributed by atoms with Crippen molar-refractivity contribution in [2.75, 3.05) is 7.11 Å². The minimum absolute atomic E-state index is 0.0199. The first-order valence-corrected chi connectivity index (χ1v) is 6.53.